The monoisotopic (exact) mass is 497 g/mol. The van der Waals surface area contributed by atoms with Gasteiger partial charge in [-0.3, -0.25) is 4.79 Å². The lowest BCUT2D eigenvalue weighted by molar-refractivity contribution is -0.141. The standard InChI is InChI=1S/C22H24F5N7O/c23-17(24)11-30-19-15(10-28)29-12-18(32-19)33-7-4-21(5-8-33)6-9-34(20(21)35)13-14-2-1-3-16(31-14)22(25,26)27/h1-3,10,12,17,28H,4-9,11,13H2,(H,30,32). The molecule has 0 radical (unpaired) electrons. The Kier molecular flexibility index (Phi) is 6.86. The van der Waals surface area contributed by atoms with Gasteiger partial charge >= 0.3 is 6.18 Å². The van der Waals surface area contributed by atoms with Crippen molar-refractivity contribution < 1.29 is 26.7 Å². The van der Waals surface area contributed by atoms with E-state index in [-0.39, 0.29) is 29.7 Å². The normalized spacial score (nSPS) is 17.9. The van der Waals surface area contributed by atoms with E-state index in [1.807, 2.05) is 4.90 Å². The van der Waals surface area contributed by atoms with E-state index in [0.29, 0.717) is 44.7 Å². The SMILES string of the molecule is N=Cc1ncc(N2CCC3(CCN(Cc4cccc(C(F)(F)F)n4)C3=O)CC2)nc1NCC(F)F. The number of hydrogen-bond donors (Lipinski definition) is 2. The fraction of sp³-hybridized carbons (Fsp3) is 0.500. The third kappa shape index (κ3) is 5.33. The van der Waals surface area contributed by atoms with Gasteiger partial charge in [0.2, 0.25) is 5.91 Å². The van der Waals surface area contributed by atoms with E-state index in [4.69, 9.17) is 5.41 Å². The zero-order valence-electron chi connectivity index (χ0n) is 18.7. The maximum atomic E-state index is 13.2. The van der Waals surface area contributed by atoms with Crippen LogP contribution in [0.25, 0.3) is 0 Å². The zero-order chi connectivity index (χ0) is 25.2. The molecule has 188 valence electrons. The summed E-state index contributed by atoms with van der Waals surface area (Å²) in [7, 11) is 0. The van der Waals surface area contributed by atoms with Crippen molar-refractivity contribution in [2.45, 2.75) is 38.4 Å². The van der Waals surface area contributed by atoms with Crippen molar-refractivity contribution in [2.75, 3.05) is 36.4 Å². The minimum absolute atomic E-state index is 0.0178. The number of amides is 1. The number of piperidine rings is 1. The molecular weight excluding hydrogens is 473 g/mol. The highest BCUT2D eigenvalue weighted by molar-refractivity contribution is 5.85. The van der Waals surface area contributed by atoms with Gasteiger partial charge in [-0.15, -0.1) is 0 Å². The molecule has 2 fully saturated rings. The van der Waals surface area contributed by atoms with Crippen LogP contribution in [0, 0.1) is 10.8 Å². The molecule has 4 rings (SSSR count). The first-order valence-corrected chi connectivity index (χ1v) is 11.1. The summed E-state index contributed by atoms with van der Waals surface area (Å²) < 4.78 is 64.1. The van der Waals surface area contributed by atoms with Gasteiger partial charge in [0, 0.05) is 25.8 Å². The molecule has 1 amide bonds. The Labute approximate surface area is 198 Å². The van der Waals surface area contributed by atoms with Crippen molar-refractivity contribution in [1.29, 1.82) is 5.41 Å². The molecule has 2 aromatic rings. The summed E-state index contributed by atoms with van der Waals surface area (Å²) in [6.07, 6.45) is -3.10. The van der Waals surface area contributed by atoms with E-state index >= 15 is 0 Å². The van der Waals surface area contributed by atoms with Crippen LogP contribution in [0.1, 0.15) is 36.3 Å². The molecule has 0 aromatic carbocycles. The second-order valence-electron chi connectivity index (χ2n) is 8.63. The zero-order valence-corrected chi connectivity index (χ0v) is 18.7. The summed E-state index contributed by atoms with van der Waals surface area (Å²) in [5.41, 5.74) is -1.25. The Morgan fingerprint density at radius 1 is 1.14 bits per heavy atom. The van der Waals surface area contributed by atoms with Gasteiger partial charge in [0.05, 0.1) is 30.4 Å². The molecule has 0 aliphatic carbocycles. The number of nitrogens with zero attached hydrogens (tertiary/aromatic N) is 5. The molecule has 0 unspecified atom stereocenters. The molecule has 1 spiro atoms. The van der Waals surface area contributed by atoms with Crippen molar-refractivity contribution in [1.82, 2.24) is 19.9 Å². The van der Waals surface area contributed by atoms with Crippen LogP contribution in [0.2, 0.25) is 0 Å². The number of hydrogen-bond acceptors (Lipinski definition) is 7. The van der Waals surface area contributed by atoms with Gasteiger partial charge in [-0.05, 0) is 31.4 Å². The number of nitrogens with one attached hydrogen (secondary N) is 2. The minimum Gasteiger partial charge on any atom is -0.362 e. The number of aromatic nitrogens is 3. The highest BCUT2D eigenvalue weighted by Gasteiger charge is 2.48. The van der Waals surface area contributed by atoms with Gasteiger partial charge in [-0.1, -0.05) is 6.07 Å². The van der Waals surface area contributed by atoms with Crippen molar-refractivity contribution in [3.05, 3.63) is 41.5 Å². The number of carbonyl (C=O) groups excluding carboxylic acids is 1. The summed E-state index contributed by atoms with van der Waals surface area (Å²) in [6, 6.07) is 3.67. The molecule has 13 heteroatoms. The second kappa shape index (κ2) is 9.70. The Bertz CT molecular complexity index is 1090. The van der Waals surface area contributed by atoms with E-state index in [1.54, 1.807) is 4.90 Å². The van der Waals surface area contributed by atoms with Crippen LogP contribution in [0.3, 0.4) is 0 Å². The van der Waals surface area contributed by atoms with Crippen molar-refractivity contribution in [3.63, 3.8) is 0 Å². The first-order valence-electron chi connectivity index (χ1n) is 11.1. The average molecular weight is 497 g/mol. The summed E-state index contributed by atoms with van der Waals surface area (Å²) in [5, 5.41) is 9.89. The lowest BCUT2D eigenvalue weighted by Crippen LogP contribution is -2.45. The van der Waals surface area contributed by atoms with Crippen LogP contribution in [0.5, 0.6) is 0 Å². The molecule has 2 aromatic heterocycles. The fourth-order valence-electron chi connectivity index (χ4n) is 4.54. The molecule has 4 heterocycles. The van der Waals surface area contributed by atoms with Crippen molar-refractivity contribution >= 4 is 23.8 Å². The number of anilines is 2. The molecule has 0 bridgehead atoms. The number of pyridine rings is 1. The largest absolute Gasteiger partial charge is 0.433 e. The minimum atomic E-state index is -4.55. The van der Waals surface area contributed by atoms with Gasteiger partial charge in [-0.25, -0.2) is 23.7 Å². The third-order valence-corrected chi connectivity index (χ3v) is 6.44. The molecule has 8 nitrogen and oxygen atoms in total. The van der Waals surface area contributed by atoms with Crippen LogP contribution < -0.4 is 10.2 Å². The maximum absolute atomic E-state index is 13.2. The van der Waals surface area contributed by atoms with E-state index in [2.05, 4.69) is 20.3 Å². The smallest absolute Gasteiger partial charge is 0.362 e. The van der Waals surface area contributed by atoms with E-state index in [1.165, 1.54) is 18.3 Å². The Morgan fingerprint density at radius 3 is 2.51 bits per heavy atom. The number of halogens is 5. The fourth-order valence-corrected chi connectivity index (χ4v) is 4.54. The van der Waals surface area contributed by atoms with Crippen molar-refractivity contribution in [2.24, 2.45) is 5.41 Å². The predicted octanol–water partition coefficient (Wildman–Crippen LogP) is 3.58. The molecule has 2 N–H and O–H groups in total. The Balaban J connectivity index is 1.41. The molecule has 2 aliphatic heterocycles. The maximum Gasteiger partial charge on any atom is 0.433 e. The van der Waals surface area contributed by atoms with Crippen LogP contribution >= 0.6 is 0 Å². The number of rotatable bonds is 7. The first kappa shape index (κ1) is 24.7. The predicted molar refractivity (Wildman–Crippen MR) is 118 cm³/mol. The van der Waals surface area contributed by atoms with Gasteiger partial charge in [0.1, 0.15) is 17.2 Å². The van der Waals surface area contributed by atoms with Gasteiger partial charge in [0.25, 0.3) is 6.43 Å². The molecule has 35 heavy (non-hydrogen) atoms. The topological polar surface area (TPSA) is 98.1 Å². The average Bonchev–Trinajstić information content (AvgIpc) is 3.12. The van der Waals surface area contributed by atoms with Gasteiger partial charge in [-0.2, -0.15) is 13.2 Å². The van der Waals surface area contributed by atoms with Crippen LogP contribution in [-0.4, -0.2) is 64.6 Å². The second-order valence-corrected chi connectivity index (χ2v) is 8.63. The molecular formula is C22H24F5N7O. The molecule has 2 aliphatic rings. The lowest BCUT2D eigenvalue weighted by atomic mass is 9.77. The number of likely N-dealkylation sites (tertiary alicyclic amines) is 1. The van der Waals surface area contributed by atoms with Crippen LogP contribution in [-0.2, 0) is 17.5 Å². The van der Waals surface area contributed by atoms with E-state index in [9.17, 15) is 26.7 Å². The molecule has 0 atom stereocenters. The summed E-state index contributed by atoms with van der Waals surface area (Å²) in [4.78, 5) is 28.8. The van der Waals surface area contributed by atoms with Crippen LogP contribution in [0.4, 0.5) is 33.6 Å². The van der Waals surface area contributed by atoms with Crippen LogP contribution in [0.15, 0.2) is 24.4 Å². The van der Waals surface area contributed by atoms with Gasteiger partial charge < -0.3 is 20.5 Å². The quantitative estimate of drug-likeness (QED) is 0.448. The summed E-state index contributed by atoms with van der Waals surface area (Å²) in [6.45, 7) is 0.798. The Hall–Kier alpha value is -3.38. The van der Waals surface area contributed by atoms with E-state index in [0.717, 1.165) is 12.3 Å². The number of carbonyl (C=O) groups is 1. The highest BCUT2D eigenvalue weighted by Crippen LogP contribution is 2.42. The van der Waals surface area contributed by atoms with Crippen molar-refractivity contribution in [3.8, 4) is 0 Å². The number of alkyl halides is 5. The van der Waals surface area contributed by atoms with E-state index < -0.39 is 30.3 Å². The molecule has 0 saturated carbocycles. The lowest BCUT2D eigenvalue weighted by Gasteiger charge is -2.38. The highest BCUT2D eigenvalue weighted by atomic mass is 19.4. The summed E-state index contributed by atoms with van der Waals surface area (Å²) >= 11 is 0. The Morgan fingerprint density at radius 2 is 1.86 bits per heavy atom. The first-order chi connectivity index (χ1) is 16.6. The molecule has 2 saturated heterocycles. The van der Waals surface area contributed by atoms with Gasteiger partial charge in [0.15, 0.2) is 5.82 Å². The third-order valence-electron chi connectivity index (χ3n) is 6.44. The summed E-state index contributed by atoms with van der Waals surface area (Å²) in [5.74, 6) is 0.452.